The van der Waals surface area contributed by atoms with E-state index >= 15 is 0 Å². The van der Waals surface area contributed by atoms with Crippen LogP contribution in [0.2, 0.25) is 0 Å². The Morgan fingerprint density at radius 1 is 1.09 bits per heavy atom. The number of nitrogens with one attached hydrogen (secondary N) is 2. The number of carbonyl (C=O) groups excluding carboxylic acids is 1. The number of fused-ring (bicyclic) bond motifs is 1. The van der Waals surface area contributed by atoms with Gasteiger partial charge < -0.3 is 20.1 Å². The van der Waals surface area contributed by atoms with E-state index in [1.54, 1.807) is 0 Å². The molecule has 0 saturated heterocycles. The van der Waals surface area contributed by atoms with Crippen molar-refractivity contribution >= 4 is 11.6 Å². The third kappa shape index (κ3) is 4.02. The zero-order valence-electron chi connectivity index (χ0n) is 13.1. The number of anilines is 1. The third-order valence-corrected chi connectivity index (χ3v) is 3.59. The van der Waals surface area contributed by atoms with Crippen LogP contribution in [0.15, 0.2) is 42.5 Å². The van der Waals surface area contributed by atoms with Gasteiger partial charge in [-0.15, -0.1) is 0 Å². The van der Waals surface area contributed by atoms with Crippen LogP contribution in [0.4, 0.5) is 5.69 Å². The van der Waals surface area contributed by atoms with Gasteiger partial charge in [0.25, 0.3) is 0 Å². The molecule has 1 aliphatic rings. The summed E-state index contributed by atoms with van der Waals surface area (Å²) in [4.78, 5) is 12.2. The third-order valence-electron chi connectivity index (χ3n) is 3.59. The van der Waals surface area contributed by atoms with Gasteiger partial charge in [0.2, 0.25) is 12.7 Å². The molecule has 1 amide bonds. The van der Waals surface area contributed by atoms with Crippen LogP contribution in [-0.4, -0.2) is 19.2 Å². The van der Waals surface area contributed by atoms with Crippen molar-refractivity contribution in [2.45, 2.75) is 19.9 Å². The second-order valence-electron chi connectivity index (χ2n) is 5.39. The summed E-state index contributed by atoms with van der Waals surface area (Å²) >= 11 is 0. The second kappa shape index (κ2) is 7.15. The van der Waals surface area contributed by atoms with E-state index in [9.17, 15) is 4.79 Å². The maximum Gasteiger partial charge on any atom is 0.231 e. The summed E-state index contributed by atoms with van der Waals surface area (Å²) in [6.07, 6.45) is 0.300. The van der Waals surface area contributed by atoms with Crippen molar-refractivity contribution < 1.29 is 14.3 Å². The molecule has 2 N–H and O–H groups in total. The monoisotopic (exact) mass is 312 g/mol. The van der Waals surface area contributed by atoms with Crippen molar-refractivity contribution in [1.29, 1.82) is 0 Å². The highest BCUT2D eigenvalue weighted by molar-refractivity contribution is 5.92. The van der Waals surface area contributed by atoms with Crippen LogP contribution in [0, 0.1) is 0 Å². The van der Waals surface area contributed by atoms with Crippen molar-refractivity contribution in [2.75, 3.05) is 18.7 Å². The zero-order chi connectivity index (χ0) is 16.1. The van der Waals surface area contributed by atoms with Crippen LogP contribution < -0.4 is 20.1 Å². The zero-order valence-corrected chi connectivity index (χ0v) is 13.1. The largest absolute Gasteiger partial charge is 0.454 e. The van der Waals surface area contributed by atoms with Gasteiger partial charge in [-0.05, 0) is 41.9 Å². The Morgan fingerprint density at radius 2 is 1.96 bits per heavy atom. The number of hydrogen-bond donors (Lipinski definition) is 2. The number of rotatable bonds is 6. The molecule has 2 aromatic carbocycles. The van der Waals surface area contributed by atoms with Crippen molar-refractivity contribution in [1.82, 2.24) is 5.32 Å². The lowest BCUT2D eigenvalue weighted by molar-refractivity contribution is -0.115. The summed E-state index contributed by atoms with van der Waals surface area (Å²) in [5, 5.41) is 6.21. The highest BCUT2D eigenvalue weighted by Crippen LogP contribution is 2.32. The molecule has 0 aliphatic carbocycles. The number of benzene rings is 2. The molecule has 0 unspecified atom stereocenters. The number of carbonyl (C=O) groups is 1. The smallest absolute Gasteiger partial charge is 0.231 e. The van der Waals surface area contributed by atoms with Gasteiger partial charge in [-0.1, -0.05) is 25.1 Å². The van der Waals surface area contributed by atoms with E-state index in [0.717, 1.165) is 35.7 Å². The fourth-order valence-electron chi connectivity index (χ4n) is 2.47. The van der Waals surface area contributed by atoms with E-state index in [1.165, 1.54) is 0 Å². The first-order chi connectivity index (χ1) is 11.2. The van der Waals surface area contributed by atoms with E-state index < -0.39 is 0 Å². The summed E-state index contributed by atoms with van der Waals surface area (Å²) in [7, 11) is 0. The molecule has 1 aliphatic heterocycles. The fourth-order valence-corrected chi connectivity index (χ4v) is 2.47. The van der Waals surface area contributed by atoms with Crippen molar-refractivity contribution in [3.63, 3.8) is 0 Å². The number of amides is 1. The maximum atomic E-state index is 12.2. The summed E-state index contributed by atoms with van der Waals surface area (Å²) in [6.45, 7) is 4.02. The minimum atomic E-state index is -0.0514. The first-order valence-corrected chi connectivity index (χ1v) is 7.72. The van der Waals surface area contributed by atoms with Crippen LogP contribution in [0.25, 0.3) is 0 Å². The highest BCUT2D eigenvalue weighted by atomic mass is 16.7. The van der Waals surface area contributed by atoms with Gasteiger partial charge in [0, 0.05) is 12.2 Å². The van der Waals surface area contributed by atoms with Crippen LogP contribution in [-0.2, 0) is 17.8 Å². The standard InChI is InChI=1S/C18H20N2O3/c1-2-19-11-14-4-3-5-15(8-14)20-18(21)10-13-6-7-16-17(9-13)23-12-22-16/h3-9,19H,2,10-12H2,1H3,(H,20,21). The number of ether oxygens (including phenoxy) is 2. The molecule has 0 aromatic heterocycles. The summed E-state index contributed by atoms with van der Waals surface area (Å²) in [5.74, 6) is 1.37. The molecular weight excluding hydrogens is 292 g/mol. The minimum absolute atomic E-state index is 0.0514. The molecule has 0 bridgehead atoms. The molecule has 0 saturated carbocycles. The lowest BCUT2D eigenvalue weighted by Crippen LogP contribution is -2.15. The molecule has 0 radical (unpaired) electrons. The highest BCUT2D eigenvalue weighted by Gasteiger charge is 2.14. The number of hydrogen-bond acceptors (Lipinski definition) is 4. The van der Waals surface area contributed by atoms with Gasteiger partial charge in [-0.2, -0.15) is 0 Å². The van der Waals surface area contributed by atoms with Gasteiger partial charge in [0.05, 0.1) is 6.42 Å². The van der Waals surface area contributed by atoms with Crippen molar-refractivity contribution in [3.05, 3.63) is 53.6 Å². The van der Waals surface area contributed by atoms with Crippen molar-refractivity contribution in [3.8, 4) is 11.5 Å². The van der Waals surface area contributed by atoms with Gasteiger partial charge in [0.1, 0.15) is 0 Å². The Morgan fingerprint density at radius 3 is 2.83 bits per heavy atom. The van der Waals surface area contributed by atoms with Crippen LogP contribution in [0.1, 0.15) is 18.1 Å². The summed E-state index contributed by atoms with van der Waals surface area (Å²) in [5.41, 5.74) is 2.86. The van der Waals surface area contributed by atoms with Gasteiger partial charge in [-0.3, -0.25) is 4.79 Å². The predicted octanol–water partition coefficient (Wildman–Crippen LogP) is 2.71. The van der Waals surface area contributed by atoms with Gasteiger partial charge in [0.15, 0.2) is 11.5 Å². The molecule has 3 rings (SSSR count). The van der Waals surface area contributed by atoms with Gasteiger partial charge >= 0.3 is 0 Å². The first kappa shape index (κ1) is 15.4. The lowest BCUT2D eigenvalue weighted by atomic mass is 10.1. The Labute approximate surface area is 135 Å². The second-order valence-corrected chi connectivity index (χ2v) is 5.39. The molecule has 0 atom stereocenters. The maximum absolute atomic E-state index is 12.2. The summed E-state index contributed by atoms with van der Waals surface area (Å²) < 4.78 is 10.6. The minimum Gasteiger partial charge on any atom is -0.454 e. The lowest BCUT2D eigenvalue weighted by Gasteiger charge is -2.08. The van der Waals surface area contributed by atoms with Crippen LogP contribution >= 0.6 is 0 Å². The van der Waals surface area contributed by atoms with E-state index in [0.29, 0.717) is 12.2 Å². The quantitative estimate of drug-likeness (QED) is 0.861. The normalized spacial score (nSPS) is 12.2. The predicted molar refractivity (Wildman–Crippen MR) is 88.7 cm³/mol. The SMILES string of the molecule is CCNCc1cccc(NC(=O)Cc2ccc3c(c2)OCO3)c1. The Balaban J connectivity index is 1.61. The molecular formula is C18H20N2O3. The Bertz CT molecular complexity index is 700. The van der Waals surface area contributed by atoms with E-state index in [4.69, 9.17) is 9.47 Å². The molecule has 120 valence electrons. The first-order valence-electron chi connectivity index (χ1n) is 7.72. The van der Waals surface area contributed by atoms with E-state index in [-0.39, 0.29) is 12.7 Å². The average Bonchev–Trinajstić information content (AvgIpc) is 3.01. The molecule has 5 heteroatoms. The average molecular weight is 312 g/mol. The molecule has 0 fully saturated rings. The molecule has 1 heterocycles. The van der Waals surface area contributed by atoms with Gasteiger partial charge in [-0.25, -0.2) is 0 Å². The molecule has 23 heavy (non-hydrogen) atoms. The molecule has 2 aromatic rings. The van der Waals surface area contributed by atoms with Crippen LogP contribution in [0.3, 0.4) is 0 Å². The molecule has 5 nitrogen and oxygen atoms in total. The molecule has 0 spiro atoms. The summed E-state index contributed by atoms with van der Waals surface area (Å²) in [6, 6.07) is 13.4. The van der Waals surface area contributed by atoms with Crippen LogP contribution in [0.5, 0.6) is 11.5 Å². The topological polar surface area (TPSA) is 59.6 Å². The Hall–Kier alpha value is -2.53. The fraction of sp³-hybridized carbons (Fsp3) is 0.278. The Kier molecular flexibility index (Phi) is 4.78. The van der Waals surface area contributed by atoms with Crippen molar-refractivity contribution in [2.24, 2.45) is 0 Å². The van der Waals surface area contributed by atoms with E-state index in [1.807, 2.05) is 42.5 Å². The van der Waals surface area contributed by atoms with E-state index in [2.05, 4.69) is 17.6 Å².